The maximum absolute atomic E-state index is 13.0. The van der Waals surface area contributed by atoms with E-state index in [4.69, 9.17) is 23.2 Å². The molecule has 0 saturated heterocycles. The van der Waals surface area contributed by atoms with E-state index in [1.807, 2.05) is 25.1 Å². The molecule has 1 nitrogen and oxygen atoms in total. The first-order valence-corrected chi connectivity index (χ1v) is 6.26. The van der Waals surface area contributed by atoms with Crippen molar-refractivity contribution >= 4 is 28.9 Å². The zero-order valence-corrected chi connectivity index (χ0v) is 11.3. The fourth-order valence-electron chi connectivity index (χ4n) is 1.56. The molecule has 0 heterocycles. The van der Waals surface area contributed by atoms with Crippen molar-refractivity contribution in [3.8, 4) is 0 Å². The average Bonchev–Trinajstić information content (AvgIpc) is 2.35. The van der Waals surface area contributed by atoms with Crippen molar-refractivity contribution in [1.82, 2.24) is 0 Å². The lowest BCUT2D eigenvalue weighted by Crippen LogP contribution is -1.99. The number of hydrogen-bond acceptors (Lipinski definition) is 1. The van der Waals surface area contributed by atoms with Gasteiger partial charge in [-0.25, -0.2) is 4.39 Å². The third-order valence-corrected chi connectivity index (χ3v) is 3.35. The van der Waals surface area contributed by atoms with Gasteiger partial charge >= 0.3 is 0 Å². The topological polar surface area (TPSA) is 12.0 Å². The van der Waals surface area contributed by atoms with Crippen LogP contribution < -0.4 is 5.32 Å². The van der Waals surface area contributed by atoms with Crippen molar-refractivity contribution in [2.24, 2.45) is 0 Å². The van der Waals surface area contributed by atoms with Gasteiger partial charge in [0.25, 0.3) is 0 Å². The summed E-state index contributed by atoms with van der Waals surface area (Å²) in [6.07, 6.45) is 0. The highest BCUT2D eigenvalue weighted by atomic mass is 35.5. The predicted molar refractivity (Wildman–Crippen MR) is 74.9 cm³/mol. The molecule has 2 aromatic carbocycles. The zero-order chi connectivity index (χ0) is 13.1. The summed E-state index contributed by atoms with van der Waals surface area (Å²) in [5, 5.41) is 4.02. The largest absolute Gasteiger partial charge is 0.381 e. The van der Waals surface area contributed by atoms with Crippen molar-refractivity contribution in [2.75, 3.05) is 5.32 Å². The maximum atomic E-state index is 13.0. The minimum Gasteiger partial charge on any atom is -0.381 e. The second-order valence-electron chi connectivity index (χ2n) is 4.07. The molecule has 4 heteroatoms. The van der Waals surface area contributed by atoms with Gasteiger partial charge in [0.2, 0.25) is 0 Å². The van der Waals surface area contributed by atoms with Crippen molar-refractivity contribution in [3.63, 3.8) is 0 Å². The van der Waals surface area contributed by atoms with E-state index >= 15 is 0 Å². The summed E-state index contributed by atoms with van der Waals surface area (Å²) in [5.74, 6) is -0.416. The number of anilines is 1. The van der Waals surface area contributed by atoms with Gasteiger partial charge < -0.3 is 5.32 Å². The molecular formula is C14H12Cl2FN. The van der Waals surface area contributed by atoms with E-state index in [9.17, 15) is 4.39 Å². The predicted octanol–water partition coefficient (Wildman–Crippen LogP) is 5.05. The summed E-state index contributed by atoms with van der Waals surface area (Å²) in [4.78, 5) is 0. The number of halogens is 3. The van der Waals surface area contributed by atoms with Crippen LogP contribution in [-0.2, 0) is 6.54 Å². The Kier molecular flexibility index (Phi) is 4.10. The van der Waals surface area contributed by atoms with E-state index in [2.05, 4.69) is 5.32 Å². The average molecular weight is 284 g/mol. The second-order valence-corrected chi connectivity index (χ2v) is 4.88. The van der Waals surface area contributed by atoms with Gasteiger partial charge in [-0.05, 0) is 42.3 Å². The summed E-state index contributed by atoms with van der Waals surface area (Å²) in [6, 6.07) is 10.4. The van der Waals surface area contributed by atoms with E-state index in [-0.39, 0.29) is 5.02 Å². The molecule has 0 atom stereocenters. The Labute approximate surface area is 116 Å². The minimum atomic E-state index is -0.416. The van der Waals surface area contributed by atoms with E-state index in [0.717, 1.165) is 21.8 Å². The number of aryl methyl sites for hydroxylation is 1. The monoisotopic (exact) mass is 283 g/mol. The zero-order valence-electron chi connectivity index (χ0n) is 9.81. The van der Waals surface area contributed by atoms with Gasteiger partial charge in [-0.15, -0.1) is 0 Å². The van der Waals surface area contributed by atoms with Gasteiger partial charge in [-0.1, -0.05) is 35.3 Å². The molecule has 0 amide bonds. The Morgan fingerprint density at radius 2 is 1.83 bits per heavy atom. The molecule has 0 saturated carbocycles. The molecule has 0 aliphatic carbocycles. The number of hydrogen-bond donors (Lipinski definition) is 1. The lowest BCUT2D eigenvalue weighted by Gasteiger charge is -2.08. The van der Waals surface area contributed by atoms with Crippen LogP contribution >= 0.6 is 23.2 Å². The Morgan fingerprint density at radius 1 is 1.06 bits per heavy atom. The SMILES string of the molecule is Cc1ccc(CNc2ccc(F)c(Cl)c2)cc1Cl. The maximum Gasteiger partial charge on any atom is 0.141 e. The van der Waals surface area contributed by atoms with Gasteiger partial charge in [0, 0.05) is 17.3 Å². The minimum absolute atomic E-state index is 0.113. The van der Waals surface area contributed by atoms with Crippen LogP contribution in [0.3, 0.4) is 0 Å². The molecule has 2 rings (SSSR count). The van der Waals surface area contributed by atoms with Crippen molar-refractivity contribution in [2.45, 2.75) is 13.5 Å². The molecule has 18 heavy (non-hydrogen) atoms. The van der Waals surface area contributed by atoms with Crippen molar-refractivity contribution in [1.29, 1.82) is 0 Å². The second kappa shape index (κ2) is 5.59. The standard InChI is InChI=1S/C14H12Cl2FN/c1-9-2-3-10(6-12(9)15)8-18-11-4-5-14(17)13(16)7-11/h2-7,18H,8H2,1H3. The van der Waals surface area contributed by atoms with Gasteiger partial charge in [0.1, 0.15) is 5.82 Å². The molecular weight excluding hydrogens is 272 g/mol. The fraction of sp³-hybridized carbons (Fsp3) is 0.143. The quantitative estimate of drug-likeness (QED) is 0.831. The van der Waals surface area contributed by atoms with Crippen LogP contribution in [0.4, 0.5) is 10.1 Å². The van der Waals surface area contributed by atoms with Crippen molar-refractivity contribution in [3.05, 3.63) is 63.4 Å². The third kappa shape index (κ3) is 3.15. The highest BCUT2D eigenvalue weighted by Gasteiger charge is 2.01. The van der Waals surface area contributed by atoms with E-state index in [1.54, 1.807) is 12.1 Å². The Hall–Kier alpha value is -1.25. The highest BCUT2D eigenvalue weighted by Crippen LogP contribution is 2.21. The van der Waals surface area contributed by atoms with Crippen LogP contribution in [0.25, 0.3) is 0 Å². The smallest absolute Gasteiger partial charge is 0.141 e. The first-order valence-electron chi connectivity index (χ1n) is 5.50. The molecule has 0 radical (unpaired) electrons. The number of nitrogens with one attached hydrogen (secondary N) is 1. The summed E-state index contributed by atoms with van der Waals surface area (Å²) in [7, 11) is 0. The summed E-state index contributed by atoms with van der Waals surface area (Å²) in [6.45, 7) is 2.57. The molecule has 0 aromatic heterocycles. The molecule has 1 N–H and O–H groups in total. The lowest BCUT2D eigenvalue weighted by molar-refractivity contribution is 0.628. The molecule has 2 aromatic rings. The normalized spacial score (nSPS) is 10.4. The highest BCUT2D eigenvalue weighted by molar-refractivity contribution is 6.31. The van der Waals surface area contributed by atoms with Gasteiger partial charge in [-0.3, -0.25) is 0 Å². The lowest BCUT2D eigenvalue weighted by atomic mass is 10.1. The third-order valence-electron chi connectivity index (χ3n) is 2.65. The number of benzene rings is 2. The van der Waals surface area contributed by atoms with Crippen LogP contribution in [-0.4, -0.2) is 0 Å². The fourth-order valence-corrected chi connectivity index (χ4v) is 1.94. The molecule has 94 valence electrons. The van der Waals surface area contributed by atoms with E-state index < -0.39 is 5.82 Å². The van der Waals surface area contributed by atoms with E-state index in [1.165, 1.54) is 6.07 Å². The van der Waals surface area contributed by atoms with Gasteiger partial charge in [0.05, 0.1) is 5.02 Å². The van der Waals surface area contributed by atoms with Crippen LogP contribution in [0.2, 0.25) is 10.0 Å². The summed E-state index contributed by atoms with van der Waals surface area (Å²) < 4.78 is 13.0. The summed E-state index contributed by atoms with van der Waals surface area (Å²) >= 11 is 11.7. The number of rotatable bonds is 3. The van der Waals surface area contributed by atoms with Crippen LogP contribution in [0.5, 0.6) is 0 Å². The first kappa shape index (κ1) is 13.2. The Morgan fingerprint density at radius 3 is 2.50 bits per heavy atom. The van der Waals surface area contributed by atoms with Crippen molar-refractivity contribution < 1.29 is 4.39 Å². The van der Waals surface area contributed by atoms with Crippen LogP contribution in [0, 0.1) is 12.7 Å². The molecule has 0 unspecified atom stereocenters. The Bertz CT molecular complexity index is 518. The molecule has 0 fully saturated rings. The first-order chi connectivity index (χ1) is 8.56. The van der Waals surface area contributed by atoms with Crippen LogP contribution in [0.1, 0.15) is 11.1 Å². The Balaban J connectivity index is 2.06. The molecule has 0 bridgehead atoms. The van der Waals surface area contributed by atoms with E-state index in [0.29, 0.717) is 6.54 Å². The van der Waals surface area contributed by atoms with Gasteiger partial charge in [0.15, 0.2) is 0 Å². The molecule has 0 aliphatic rings. The summed E-state index contributed by atoms with van der Waals surface area (Å²) in [5.41, 5.74) is 2.88. The molecule has 0 aliphatic heterocycles. The van der Waals surface area contributed by atoms with Crippen LogP contribution in [0.15, 0.2) is 36.4 Å². The van der Waals surface area contributed by atoms with Gasteiger partial charge in [-0.2, -0.15) is 0 Å². The molecule has 0 spiro atoms.